The van der Waals surface area contributed by atoms with Gasteiger partial charge in [0, 0.05) is 59.1 Å². The standard InChI is InChI=1S/2C18H10N5.Cu.HNO3/c2*1-3-12-14(20-7-1)15-13(4-2-8-21-15)17-16(12)22-18(23-17)11-5-9-19-10-6-11;;2-1(3)4/h2*1-10H;;(H,2,3,4)/q2*-1;+2;. The summed E-state index contributed by atoms with van der Waals surface area (Å²) in [7, 11) is 0. The van der Waals surface area contributed by atoms with Crippen molar-refractivity contribution in [2.45, 2.75) is 0 Å². The Labute approximate surface area is 297 Å². The number of pyridine rings is 6. The third-order valence-electron chi connectivity index (χ3n) is 7.90. The van der Waals surface area contributed by atoms with Gasteiger partial charge in [0.2, 0.25) is 0 Å². The van der Waals surface area contributed by atoms with Gasteiger partial charge in [-0.25, -0.2) is 19.9 Å². The molecule has 10 aromatic rings. The van der Waals surface area contributed by atoms with E-state index < -0.39 is 5.09 Å². The summed E-state index contributed by atoms with van der Waals surface area (Å²) in [5, 5.41) is 17.5. The third kappa shape index (κ3) is 6.10. The van der Waals surface area contributed by atoms with Crippen LogP contribution in [0.25, 0.3) is 88.5 Å². The Morgan fingerprint density at radius 2 is 0.863 bits per heavy atom. The van der Waals surface area contributed by atoms with Crippen LogP contribution in [0.15, 0.2) is 122 Å². The van der Waals surface area contributed by atoms with Crippen molar-refractivity contribution in [3.63, 3.8) is 0 Å². The van der Waals surface area contributed by atoms with Gasteiger partial charge in [0.1, 0.15) is 11.0 Å². The van der Waals surface area contributed by atoms with Crippen LogP contribution in [0.2, 0.25) is 0 Å². The van der Waals surface area contributed by atoms with Crippen LogP contribution < -0.4 is 9.97 Å². The van der Waals surface area contributed by atoms with Crippen LogP contribution in [0.4, 0.5) is 0 Å². The topological polar surface area (TPSA) is 195 Å². The van der Waals surface area contributed by atoms with E-state index in [2.05, 4.69) is 29.9 Å². The normalized spacial score (nSPS) is 10.8. The van der Waals surface area contributed by atoms with E-state index >= 15 is 0 Å². The quantitative estimate of drug-likeness (QED) is 0.0899. The molecule has 0 aliphatic carbocycles. The van der Waals surface area contributed by atoms with E-state index in [-0.39, 0.29) is 17.1 Å². The molecular weight excluding hydrogens is 698 g/mol. The van der Waals surface area contributed by atoms with Crippen molar-refractivity contribution in [2.75, 3.05) is 0 Å². The SMILES string of the molecule is O=[N+]([O-])O.[Cu+2].c1cnc2c(c1)c1nc(-c3ccncc3)nc1c1ccc[n-]c12.c1cnc2c(c1)c1nc(-c3ccncc3)nc1c1ccc[n-]c12. The zero-order chi connectivity index (χ0) is 34.0. The van der Waals surface area contributed by atoms with E-state index in [1.807, 2.05) is 72.8 Å². The van der Waals surface area contributed by atoms with Crippen LogP contribution in [-0.2, 0) is 17.1 Å². The molecule has 0 saturated carbocycles. The maximum Gasteiger partial charge on any atom is 2.00 e. The Morgan fingerprint density at radius 3 is 1.25 bits per heavy atom. The van der Waals surface area contributed by atoms with Gasteiger partial charge in [-0.2, -0.15) is 12.4 Å². The van der Waals surface area contributed by atoms with E-state index in [9.17, 15) is 0 Å². The summed E-state index contributed by atoms with van der Waals surface area (Å²) in [6.45, 7) is 0. The Morgan fingerprint density at radius 1 is 0.510 bits per heavy atom. The van der Waals surface area contributed by atoms with Crippen molar-refractivity contribution in [3.8, 4) is 22.8 Å². The van der Waals surface area contributed by atoms with Crippen LogP contribution in [0.1, 0.15) is 0 Å². The number of hydrogen-bond acceptors (Lipinski definition) is 10. The Balaban J connectivity index is 0.000000142. The fraction of sp³-hybridized carbons (Fsp3) is 0. The summed E-state index contributed by atoms with van der Waals surface area (Å²) >= 11 is 0. The van der Waals surface area contributed by atoms with Gasteiger partial charge in [-0.1, -0.05) is 24.3 Å². The molecular formula is C36H21CuN11O3. The third-order valence-corrected chi connectivity index (χ3v) is 7.90. The van der Waals surface area contributed by atoms with Crippen molar-refractivity contribution in [3.05, 3.63) is 132 Å². The van der Waals surface area contributed by atoms with Crippen molar-refractivity contribution in [1.29, 1.82) is 0 Å². The first kappa shape index (κ1) is 32.6. The van der Waals surface area contributed by atoms with E-state index in [0.29, 0.717) is 11.6 Å². The van der Waals surface area contributed by atoms with Gasteiger partial charge >= 0.3 is 17.1 Å². The van der Waals surface area contributed by atoms with Gasteiger partial charge in [-0.15, -0.1) is 21.1 Å². The minimum atomic E-state index is -1.50. The van der Waals surface area contributed by atoms with Crippen LogP contribution in [0, 0.1) is 10.1 Å². The number of aromatic nitrogens is 10. The first-order valence-electron chi connectivity index (χ1n) is 15.1. The predicted octanol–water partition coefficient (Wildman–Crippen LogP) is 6.35. The van der Waals surface area contributed by atoms with Crippen molar-refractivity contribution < 1.29 is 27.4 Å². The maximum absolute atomic E-state index is 8.36. The van der Waals surface area contributed by atoms with Crippen LogP contribution in [0.3, 0.4) is 0 Å². The van der Waals surface area contributed by atoms with E-state index in [4.69, 9.17) is 35.3 Å². The van der Waals surface area contributed by atoms with Crippen molar-refractivity contribution >= 4 is 65.7 Å². The molecule has 1 N–H and O–H groups in total. The fourth-order valence-electron chi connectivity index (χ4n) is 5.84. The summed E-state index contributed by atoms with van der Waals surface area (Å²) in [6.07, 6.45) is 14.1. The summed E-state index contributed by atoms with van der Waals surface area (Å²) < 4.78 is 0. The molecule has 0 atom stereocenters. The van der Waals surface area contributed by atoms with Crippen LogP contribution in [0.5, 0.6) is 0 Å². The van der Waals surface area contributed by atoms with Gasteiger partial charge in [0.05, 0.1) is 22.1 Å². The molecule has 15 heteroatoms. The first-order valence-corrected chi connectivity index (χ1v) is 15.1. The van der Waals surface area contributed by atoms with Gasteiger partial charge in [-0.05, 0) is 59.3 Å². The fourth-order valence-corrected chi connectivity index (χ4v) is 5.84. The number of imidazole rings is 2. The zero-order valence-electron chi connectivity index (χ0n) is 26.0. The summed E-state index contributed by atoms with van der Waals surface area (Å²) in [5.74, 6) is 1.40. The molecule has 0 aliphatic rings. The summed E-state index contributed by atoms with van der Waals surface area (Å²) in [4.78, 5) is 53.5. The molecule has 8 aromatic heterocycles. The van der Waals surface area contributed by atoms with E-state index in [0.717, 1.165) is 76.8 Å². The molecule has 0 fully saturated rings. The first-order chi connectivity index (χ1) is 24.6. The molecule has 51 heavy (non-hydrogen) atoms. The number of hydrogen-bond donors (Lipinski definition) is 1. The Kier molecular flexibility index (Phi) is 8.86. The number of nitrogens with zero attached hydrogens (tertiary/aromatic N) is 11. The van der Waals surface area contributed by atoms with Gasteiger partial charge in [0.15, 0.2) is 11.6 Å². The maximum atomic E-state index is 8.36. The molecule has 0 aliphatic heterocycles. The molecule has 1 radical (unpaired) electrons. The summed E-state index contributed by atoms with van der Waals surface area (Å²) in [5.41, 5.74) is 8.78. The molecule has 10 rings (SSSR count). The minimum absolute atomic E-state index is 0. The molecule has 0 amide bonds. The number of benzene rings is 2. The van der Waals surface area contributed by atoms with Gasteiger partial charge in [-0.3, -0.25) is 19.9 Å². The van der Waals surface area contributed by atoms with Gasteiger partial charge < -0.3 is 15.2 Å². The summed E-state index contributed by atoms with van der Waals surface area (Å²) in [6, 6.07) is 23.4. The van der Waals surface area contributed by atoms with Crippen LogP contribution in [-0.4, -0.2) is 50.2 Å². The van der Waals surface area contributed by atoms with Crippen molar-refractivity contribution in [2.24, 2.45) is 0 Å². The van der Waals surface area contributed by atoms with Crippen LogP contribution >= 0.6 is 0 Å². The Bertz CT molecular complexity index is 2490. The average molecular weight is 719 g/mol. The smallest absolute Gasteiger partial charge is 0.662 e. The van der Waals surface area contributed by atoms with E-state index in [1.54, 1.807) is 49.6 Å². The molecule has 14 nitrogen and oxygen atoms in total. The van der Waals surface area contributed by atoms with Gasteiger partial charge in [0.25, 0.3) is 5.09 Å². The second-order valence-electron chi connectivity index (χ2n) is 10.8. The van der Waals surface area contributed by atoms with E-state index in [1.165, 1.54) is 0 Å². The molecule has 2 aromatic carbocycles. The second-order valence-corrected chi connectivity index (χ2v) is 10.8. The molecule has 0 saturated heterocycles. The molecule has 0 unspecified atom stereocenters. The number of fused-ring (bicyclic) bond motifs is 12. The Hall–Kier alpha value is -6.96. The average Bonchev–Trinajstić information content (AvgIpc) is 3.83. The van der Waals surface area contributed by atoms with Crippen molar-refractivity contribution in [1.82, 2.24) is 49.8 Å². The molecule has 0 spiro atoms. The molecule has 249 valence electrons. The monoisotopic (exact) mass is 718 g/mol. The second kappa shape index (κ2) is 13.9. The molecule has 0 bridgehead atoms. The predicted molar refractivity (Wildman–Crippen MR) is 187 cm³/mol. The molecule has 8 heterocycles. The zero-order valence-corrected chi connectivity index (χ0v) is 27.0. The minimum Gasteiger partial charge on any atom is -0.662 e. The number of rotatable bonds is 2. The largest absolute Gasteiger partial charge is 2.00 e.